The molecule has 0 radical (unpaired) electrons. The molecule has 1 heterocycles. The molecule has 0 unspecified atom stereocenters. The Morgan fingerprint density at radius 1 is 0.952 bits per heavy atom. The number of ether oxygens (including phenoxy) is 2. The third-order valence-electron chi connectivity index (χ3n) is 3.95. The van der Waals surface area contributed by atoms with Gasteiger partial charge in [-0.25, -0.2) is 0 Å². The van der Waals surface area contributed by atoms with Gasteiger partial charge in [0.2, 0.25) is 0 Å². The van der Waals surface area contributed by atoms with Gasteiger partial charge in [-0.3, -0.25) is 0 Å². The summed E-state index contributed by atoms with van der Waals surface area (Å²) in [6.45, 7) is 0.617. The monoisotopic (exact) mass is 340 g/mol. The van der Waals surface area contributed by atoms with Gasteiger partial charge in [-0.15, -0.1) is 0 Å². The van der Waals surface area contributed by atoms with Crippen molar-refractivity contribution < 1.29 is 9.47 Å². The van der Waals surface area contributed by atoms with Gasteiger partial charge in [0, 0.05) is 16.3 Å². The van der Waals surface area contributed by atoms with Crippen LogP contribution in [0.25, 0.3) is 21.9 Å². The smallest absolute Gasteiger partial charge is 0.135 e. The van der Waals surface area contributed by atoms with E-state index in [9.17, 15) is 0 Å². The van der Waals surface area contributed by atoms with Crippen LogP contribution in [0.3, 0.4) is 0 Å². The van der Waals surface area contributed by atoms with Gasteiger partial charge < -0.3 is 9.47 Å². The van der Waals surface area contributed by atoms with Crippen molar-refractivity contribution in [2.75, 3.05) is 7.11 Å². The van der Waals surface area contributed by atoms with E-state index in [0.717, 1.165) is 32.3 Å². The summed E-state index contributed by atoms with van der Waals surface area (Å²) in [4.78, 5) is 0. The molecule has 3 aromatic carbocycles. The minimum absolute atomic E-state index is 0.617. The number of methoxy groups -OCH3 is 1. The van der Waals surface area contributed by atoms with Crippen LogP contribution in [0, 0.1) is 0 Å². The van der Waals surface area contributed by atoms with Crippen LogP contribution in [-0.2, 0) is 6.61 Å². The number of hydrogen-bond donors (Lipinski definition) is 0. The number of benzene rings is 3. The van der Waals surface area contributed by atoms with Crippen molar-refractivity contribution in [1.29, 1.82) is 0 Å². The predicted octanol–water partition coefficient (Wildman–Crippen LogP) is 5.17. The Balaban J connectivity index is 2.04. The highest BCUT2D eigenvalue weighted by Crippen LogP contribution is 2.45. The van der Waals surface area contributed by atoms with E-state index in [-0.39, 0.29) is 0 Å². The number of rotatable bonds is 1. The van der Waals surface area contributed by atoms with Gasteiger partial charge in [-0.1, -0.05) is 30.3 Å². The van der Waals surface area contributed by atoms with Crippen molar-refractivity contribution >= 4 is 26.7 Å². The van der Waals surface area contributed by atoms with Crippen LogP contribution in [0.5, 0.6) is 11.5 Å². The summed E-state index contributed by atoms with van der Waals surface area (Å²) in [6.07, 6.45) is 0. The standard InChI is InChI=1S/C18H13BrO2/c1-20-16-9-8-15-13(17(16)19)6-7-14-12-5-3-2-4-11(12)10-21-18(14)15/h2-9H,10H2,1H3. The highest BCUT2D eigenvalue weighted by molar-refractivity contribution is 9.10. The van der Waals surface area contributed by atoms with Gasteiger partial charge >= 0.3 is 0 Å². The average molecular weight is 341 g/mol. The molecule has 0 bridgehead atoms. The van der Waals surface area contributed by atoms with Crippen molar-refractivity contribution in [2.24, 2.45) is 0 Å². The number of fused-ring (bicyclic) bond motifs is 5. The number of halogens is 1. The molecule has 0 saturated heterocycles. The van der Waals surface area contributed by atoms with Gasteiger partial charge in [0.15, 0.2) is 0 Å². The van der Waals surface area contributed by atoms with E-state index in [1.54, 1.807) is 7.11 Å². The van der Waals surface area contributed by atoms with Crippen molar-refractivity contribution in [2.45, 2.75) is 6.61 Å². The van der Waals surface area contributed by atoms with Gasteiger partial charge in [0.25, 0.3) is 0 Å². The molecule has 1 aliphatic rings. The fourth-order valence-corrected chi connectivity index (χ4v) is 3.55. The van der Waals surface area contributed by atoms with Crippen LogP contribution in [0.2, 0.25) is 0 Å². The summed E-state index contributed by atoms with van der Waals surface area (Å²) in [5.74, 6) is 1.79. The van der Waals surface area contributed by atoms with Crippen molar-refractivity contribution in [3.05, 3.63) is 58.6 Å². The molecular weight excluding hydrogens is 328 g/mol. The molecule has 0 atom stereocenters. The second kappa shape index (κ2) is 4.78. The molecule has 3 heteroatoms. The number of hydrogen-bond acceptors (Lipinski definition) is 2. The molecule has 1 aliphatic heterocycles. The maximum Gasteiger partial charge on any atom is 0.135 e. The average Bonchev–Trinajstić information content (AvgIpc) is 2.54. The molecule has 0 fully saturated rings. The molecule has 0 N–H and O–H groups in total. The molecule has 3 aromatic rings. The summed E-state index contributed by atoms with van der Waals surface area (Å²) < 4.78 is 12.4. The zero-order valence-electron chi connectivity index (χ0n) is 11.5. The highest BCUT2D eigenvalue weighted by atomic mass is 79.9. The third-order valence-corrected chi connectivity index (χ3v) is 4.77. The Morgan fingerprint density at radius 2 is 1.76 bits per heavy atom. The van der Waals surface area contributed by atoms with Crippen LogP contribution in [-0.4, -0.2) is 7.11 Å². The Morgan fingerprint density at radius 3 is 2.62 bits per heavy atom. The van der Waals surface area contributed by atoms with E-state index < -0.39 is 0 Å². The first-order valence-corrected chi connectivity index (χ1v) is 7.59. The molecule has 104 valence electrons. The molecule has 0 amide bonds. The first-order chi connectivity index (χ1) is 10.3. The molecule has 4 rings (SSSR count). The topological polar surface area (TPSA) is 18.5 Å². The van der Waals surface area contributed by atoms with E-state index >= 15 is 0 Å². The third kappa shape index (κ3) is 1.84. The lowest BCUT2D eigenvalue weighted by molar-refractivity contribution is 0.306. The van der Waals surface area contributed by atoms with E-state index in [1.807, 2.05) is 6.07 Å². The van der Waals surface area contributed by atoms with Crippen LogP contribution in [0.15, 0.2) is 53.0 Å². The Hall–Kier alpha value is -2.00. The highest BCUT2D eigenvalue weighted by Gasteiger charge is 2.20. The molecule has 0 spiro atoms. The minimum Gasteiger partial charge on any atom is -0.496 e. The lowest BCUT2D eigenvalue weighted by Crippen LogP contribution is -2.05. The lowest BCUT2D eigenvalue weighted by atomic mass is 9.94. The molecule has 2 nitrogen and oxygen atoms in total. The normalized spacial score (nSPS) is 12.5. The first kappa shape index (κ1) is 12.7. The van der Waals surface area contributed by atoms with Gasteiger partial charge in [0.1, 0.15) is 18.1 Å². The maximum atomic E-state index is 6.03. The second-order valence-corrected chi connectivity index (χ2v) is 5.86. The van der Waals surface area contributed by atoms with Crippen LogP contribution in [0.1, 0.15) is 5.56 Å². The summed E-state index contributed by atoms with van der Waals surface area (Å²) in [7, 11) is 1.68. The van der Waals surface area contributed by atoms with E-state index in [1.165, 1.54) is 11.1 Å². The second-order valence-electron chi connectivity index (χ2n) is 5.06. The van der Waals surface area contributed by atoms with Crippen molar-refractivity contribution in [3.8, 4) is 22.6 Å². The zero-order valence-corrected chi connectivity index (χ0v) is 13.1. The fourth-order valence-electron chi connectivity index (χ4n) is 2.91. The lowest BCUT2D eigenvalue weighted by Gasteiger charge is -2.22. The molecule has 0 aliphatic carbocycles. The molecular formula is C18H13BrO2. The largest absolute Gasteiger partial charge is 0.496 e. The zero-order chi connectivity index (χ0) is 14.4. The minimum atomic E-state index is 0.617. The summed E-state index contributed by atoms with van der Waals surface area (Å²) in [5.41, 5.74) is 3.64. The maximum absolute atomic E-state index is 6.03. The predicted molar refractivity (Wildman–Crippen MR) is 88.0 cm³/mol. The fraction of sp³-hybridized carbons (Fsp3) is 0.111. The first-order valence-electron chi connectivity index (χ1n) is 6.80. The van der Waals surface area contributed by atoms with Crippen LogP contribution in [0.4, 0.5) is 0 Å². The van der Waals surface area contributed by atoms with E-state index in [0.29, 0.717) is 6.61 Å². The molecule has 21 heavy (non-hydrogen) atoms. The molecule has 0 aromatic heterocycles. The van der Waals surface area contributed by atoms with Crippen molar-refractivity contribution in [3.63, 3.8) is 0 Å². The summed E-state index contributed by atoms with van der Waals surface area (Å²) >= 11 is 3.62. The van der Waals surface area contributed by atoms with Crippen molar-refractivity contribution in [1.82, 2.24) is 0 Å². The Kier molecular flexibility index (Phi) is 2.89. The SMILES string of the molecule is COc1ccc2c3c(ccc2c1Br)-c1ccccc1CO3. The van der Waals surface area contributed by atoms with E-state index in [2.05, 4.69) is 58.4 Å². The summed E-state index contributed by atoms with van der Waals surface area (Å²) in [6, 6.07) is 16.7. The van der Waals surface area contributed by atoms with Crippen LogP contribution < -0.4 is 9.47 Å². The van der Waals surface area contributed by atoms with Gasteiger partial charge in [-0.05, 0) is 45.3 Å². The molecule has 0 saturated carbocycles. The van der Waals surface area contributed by atoms with Gasteiger partial charge in [0.05, 0.1) is 11.6 Å². The Labute approximate surface area is 131 Å². The van der Waals surface area contributed by atoms with Crippen LogP contribution >= 0.6 is 15.9 Å². The van der Waals surface area contributed by atoms with Gasteiger partial charge in [-0.2, -0.15) is 0 Å². The Bertz CT molecular complexity index is 855. The van der Waals surface area contributed by atoms with E-state index in [4.69, 9.17) is 9.47 Å². The quantitative estimate of drug-likeness (QED) is 0.608. The summed E-state index contributed by atoms with van der Waals surface area (Å²) in [5, 5.41) is 2.21.